The Hall–Kier alpha value is -2.01. The summed E-state index contributed by atoms with van der Waals surface area (Å²) >= 11 is 6.19. The molecule has 0 atom stereocenters. The van der Waals surface area contributed by atoms with Crippen molar-refractivity contribution in [3.05, 3.63) is 71.2 Å². The first-order chi connectivity index (χ1) is 10.7. The molecule has 3 aromatic carbocycles. The molecule has 0 saturated heterocycles. The van der Waals surface area contributed by atoms with Gasteiger partial charge in [0.25, 0.3) is 0 Å². The lowest BCUT2D eigenvalue weighted by Gasteiger charge is -2.13. The van der Waals surface area contributed by atoms with Crippen molar-refractivity contribution < 1.29 is 14.8 Å². The summed E-state index contributed by atoms with van der Waals surface area (Å²) < 4.78 is 5.87. The van der Waals surface area contributed by atoms with Gasteiger partial charge in [0.2, 0.25) is 0 Å². The van der Waals surface area contributed by atoms with E-state index in [2.05, 4.69) is 0 Å². The van der Waals surface area contributed by atoms with Crippen LogP contribution in [0.2, 0.25) is 5.02 Å². The molecule has 0 aliphatic rings. The fraction of sp³-hybridized carbons (Fsp3) is 0.0588. The van der Waals surface area contributed by atoms with Gasteiger partial charge in [0.15, 0.2) is 0 Å². The van der Waals surface area contributed by atoms with E-state index in [4.69, 9.17) is 16.3 Å². The molecule has 5 heteroatoms. The van der Waals surface area contributed by atoms with E-state index in [0.717, 1.165) is 16.3 Å². The fourth-order valence-corrected chi connectivity index (χ4v) is 2.66. The van der Waals surface area contributed by atoms with Gasteiger partial charge in [0, 0.05) is 15.8 Å². The second-order valence-corrected chi connectivity index (χ2v) is 5.36. The average molecular weight is 313 g/mol. The molecule has 22 heavy (non-hydrogen) atoms. The highest BCUT2D eigenvalue weighted by Crippen LogP contribution is 2.31. The van der Waals surface area contributed by atoms with Gasteiger partial charge in [-0.05, 0) is 23.2 Å². The first-order valence-electron chi connectivity index (χ1n) is 6.91. The summed E-state index contributed by atoms with van der Waals surface area (Å²) in [6.07, 6.45) is 0. The maximum Gasteiger partial charge on any atom is 0.488 e. The highest BCUT2D eigenvalue weighted by Gasteiger charge is 2.15. The van der Waals surface area contributed by atoms with Gasteiger partial charge in [0.1, 0.15) is 12.4 Å². The second kappa shape index (κ2) is 6.40. The van der Waals surface area contributed by atoms with Crippen LogP contribution in [-0.4, -0.2) is 17.2 Å². The van der Waals surface area contributed by atoms with Crippen LogP contribution in [0.4, 0.5) is 0 Å². The van der Waals surface area contributed by atoms with Gasteiger partial charge < -0.3 is 14.8 Å². The summed E-state index contributed by atoms with van der Waals surface area (Å²) in [6.45, 7) is 0.249. The molecule has 0 aliphatic heterocycles. The maximum absolute atomic E-state index is 9.39. The zero-order valence-electron chi connectivity index (χ0n) is 11.7. The molecule has 0 unspecified atom stereocenters. The molecule has 110 valence electrons. The normalized spacial score (nSPS) is 10.7. The van der Waals surface area contributed by atoms with Crippen LogP contribution < -0.4 is 10.2 Å². The molecular weight excluding hydrogens is 298 g/mol. The summed E-state index contributed by atoms with van der Waals surface area (Å²) in [5.74, 6) is 0.710. The molecule has 3 aromatic rings. The van der Waals surface area contributed by atoms with Crippen LogP contribution in [0.5, 0.6) is 5.75 Å². The number of fused-ring (bicyclic) bond motifs is 1. The van der Waals surface area contributed by atoms with Crippen LogP contribution in [0.25, 0.3) is 10.8 Å². The standard InChI is InChI=1S/C17H14BClO3/c19-16-9-10-17(14-7-3-2-6-13(14)16)22-11-12-5-1-4-8-15(12)18(20)21/h1-10,20-21H,11H2. The van der Waals surface area contributed by atoms with Gasteiger partial charge in [-0.15, -0.1) is 0 Å². The van der Waals surface area contributed by atoms with E-state index in [9.17, 15) is 10.0 Å². The molecule has 2 N–H and O–H groups in total. The molecule has 0 aliphatic carbocycles. The first kappa shape index (κ1) is 14.9. The molecule has 0 amide bonds. The SMILES string of the molecule is OB(O)c1ccccc1COc1ccc(Cl)c2ccccc12. The number of ether oxygens (including phenoxy) is 1. The highest BCUT2D eigenvalue weighted by atomic mass is 35.5. The zero-order chi connectivity index (χ0) is 15.5. The minimum absolute atomic E-state index is 0.249. The smallest absolute Gasteiger partial charge is 0.488 e. The Bertz CT molecular complexity index is 805. The summed E-state index contributed by atoms with van der Waals surface area (Å²) in [4.78, 5) is 0. The van der Waals surface area contributed by atoms with Crippen LogP contribution >= 0.6 is 11.6 Å². The van der Waals surface area contributed by atoms with Gasteiger partial charge in [0.05, 0.1) is 0 Å². The topological polar surface area (TPSA) is 49.7 Å². The molecule has 3 nitrogen and oxygen atoms in total. The van der Waals surface area contributed by atoms with Crippen molar-refractivity contribution in [2.75, 3.05) is 0 Å². The molecule has 0 bridgehead atoms. The Morgan fingerprint density at radius 2 is 1.55 bits per heavy atom. The number of rotatable bonds is 4. The summed E-state index contributed by atoms with van der Waals surface area (Å²) in [5, 5.41) is 21.3. The van der Waals surface area contributed by atoms with Crippen molar-refractivity contribution >= 4 is 35.0 Å². The minimum Gasteiger partial charge on any atom is -0.488 e. The fourth-order valence-electron chi connectivity index (χ4n) is 2.43. The summed E-state index contributed by atoms with van der Waals surface area (Å²) in [6, 6.07) is 18.4. The zero-order valence-corrected chi connectivity index (χ0v) is 12.5. The van der Waals surface area contributed by atoms with E-state index >= 15 is 0 Å². The Labute approximate surface area is 133 Å². The molecule has 0 heterocycles. The molecule has 0 spiro atoms. The lowest BCUT2D eigenvalue weighted by molar-refractivity contribution is 0.310. The number of halogens is 1. The van der Waals surface area contributed by atoms with Gasteiger partial charge >= 0.3 is 7.12 Å². The highest BCUT2D eigenvalue weighted by molar-refractivity contribution is 6.59. The summed E-state index contributed by atoms with van der Waals surface area (Å²) in [7, 11) is -1.51. The van der Waals surface area contributed by atoms with E-state index in [1.807, 2.05) is 42.5 Å². The summed E-state index contributed by atoms with van der Waals surface area (Å²) in [5.41, 5.74) is 1.18. The Morgan fingerprint density at radius 3 is 2.32 bits per heavy atom. The number of hydrogen-bond acceptors (Lipinski definition) is 3. The molecule has 0 radical (unpaired) electrons. The average Bonchev–Trinajstić information content (AvgIpc) is 2.55. The Kier molecular flexibility index (Phi) is 4.34. The van der Waals surface area contributed by atoms with E-state index in [0.29, 0.717) is 16.2 Å². The first-order valence-corrected chi connectivity index (χ1v) is 7.28. The quantitative estimate of drug-likeness (QED) is 0.728. The number of benzene rings is 3. The molecule has 0 fully saturated rings. The largest absolute Gasteiger partial charge is 0.488 e. The van der Waals surface area contributed by atoms with Crippen molar-refractivity contribution in [1.29, 1.82) is 0 Å². The third-order valence-electron chi connectivity index (χ3n) is 3.55. The van der Waals surface area contributed by atoms with Gasteiger partial charge in [-0.25, -0.2) is 0 Å². The Balaban J connectivity index is 1.91. The van der Waals surface area contributed by atoms with Crippen LogP contribution in [0, 0.1) is 0 Å². The van der Waals surface area contributed by atoms with Crippen LogP contribution in [-0.2, 0) is 6.61 Å². The lowest BCUT2D eigenvalue weighted by Crippen LogP contribution is -2.33. The lowest BCUT2D eigenvalue weighted by atomic mass is 9.77. The maximum atomic E-state index is 9.39. The molecule has 0 saturated carbocycles. The van der Waals surface area contributed by atoms with Crippen molar-refractivity contribution in [1.82, 2.24) is 0 Å². The second-order valence-electron chi connectivity index (χ2n) is 4.95. The van der Waals surface area contributed by atoms with Gasteiger partial charge in [-0.3, -0.25) is 0 Å². The third-order valence-corrected chi connectivity index (χ3v) is 3.88. The Morgan fingerprint density at radius 1 is 0.864 bits per heavy atom. The molecule has 0 aromatic heterocycles. The van der Waals surface area contributed by atoms with Gasteiger partial charge in [-0.2, -0.15) is 0 Å². The van der Waals surface area contributed by atoms with Crippen molar-refractivity contribution in [3.8, 4) is 5.75 Å². The number of hydrogen-bond donors (Lipinski definition) is 2. The van der Waals surface area contributed by atoms with Crippen molar-refractivity contribution in [3.63, 3.8) is 0 Å². The van der Waals surface area contributed by atoms with E-state index in [1.165, 1.54) is 0 Å². The van der Waals surface area contributed by atoms with Gasteiger partial charge in [-0.1, -0.05) is 60.1 Å². The van der Waals surface area contributed by atoms with Crippen molar-refractivity contribution in [2.24, 2.45) is 0 Å². The monoisotopic (exact) mass is 312 g/mol. The van der Waals surface area contributed by atoms with Crippen LogP contribution in [0.15, 0.2) is 60.7 Å². The predicted octanol–water partition coefficient (Wildman–Crippen LogP) is 2.75. The van der Waals surface area contributed by atoms with E-state index < -0.39 is 7.12 Å². The molecule has 3 rings (SSSR count). The van der Waals surface area contributed by atoms with Crippen LogP contribution in [0.3, 0.4) is 0 Å². The minimum atomic E-state index is -1.51. The van der Waals surface area contributed by atoms with E-state index in [1.54, 1.807) is 18.2 Å². The third kappa shape index (κ3) is 2.95. The van der Waals surface area contributed by atoms with Crippen molar-refractivity contribution in [2.45, 2.75) is 6.61 Å². The molecular formula is C17H14BClO3. The van der Waals surface area contributed by atoms with E-state index in [-0.39, 0.29) is 6.61 Å². The van der Waals surface area contributed by atoms with Crippen LogP contribution in [0.1, 0.15) is 5.56 Å². The predicted molar refractivity (Wildman–Crippen MR) is 89.6 cm³/mol.